The van der Waals surface area contributed by atoms with Gasteiger partial charge in [-0.1, -0.05) is 0 Å². The first-order valence-electron chi connectivity index (χ1n) is 11.3. The Kier molecular flexibility index (Phi) is 13.3. The molecule has 0 amide bonds. The maximum absolute atomic E-state index is 2.42. The van der Waals surface area contributed by atoms with Gasteiger partial charge in [0.2, 0.25) is 0 Å². The monoisotopic (exact) mass is 430 g/mol. The second-order valence-corrected chi connectivity index (χ2v) is 22.8. The van der Waals surface area contributed by atoms with Gasteiger partial charge in [-0.25, -0.2) is 0 Å². The van der Waals surface area contributed by atoms with Crippen LogP contribution in [0.3, 0.4) is 0 Å². The van der Waals surface area contributed by atoms with Crippen LogP contribution in [0.15, 0.2) is 0 Å². The van der Waals surface area contributed by atoms with Crippen molar-refractivity contribution in [2.45, 2.75) is 134 Å². The summed E-state index contributed by atoms with van der Waals surface area (Å²) in [6.45, 7) is 7.26. The molecule has 1 saturated carbocycles. The molecule has 0 radical (unpaired) electrons. The van der Waals surface area contributed by atoms with Crippen molar-refractivity contribution in [3.63, 3.8) is 0 Å². The molecular formula is C22H46Sn. The first kappa shape index (κ1) is 21.8. The van der Waals surface area contributed by atoms with Crippen molar-refractivity contribution in [2.24, 2.45) is 0 Å². The second-order valence-electron chi connectivity index (χ2n) is 8.42. The Hall–Kier alpha value is 0.799. The molecule has 0 nitrogen and oxygen atoms in total. The van der Waals surface area contributed by atoms with Gasteiger partial charge in [-0.3, -0.25) is 0 Å². The average molecular weight is 429 g/mol. The fraction of sp³-hybridized carbons (Fsp3) is 1.00. The van der Waals surface area contributed by atoms with Crippen LogP contribution in [-0.4, -0.2) is 18.4 Å². The topological polar surface area (TPSA) is 0 Å². The normalized spacial score (nSPS) is 18.9. The molecule has 138 valence electrons. The van der Waals surface area contributed by atoms with Gasteiger partial charge in [0, 0.05) is 0 Å². The minimum absolute atomic E-state index is 1.24. The molecule has 0 bridgehead atoms. The summed E-state index contributed by atoms with van der Waals surface area (Å²) in [6, 6.07) is 0. The summed E-state index contributed by atoms with van der Waals surface area (Å²) in [7, 11) is 0. The fourth-order valence-electron chi connectivity index (χ4n) is 5.00. The molecule has 0 spiro atoms. The summed E-state index contributed by atoms with van der Waals surface area (Å²) in [5, 5.41) is 0. The molecule has 0 aromatic heterocycles. The zero-order valence-corrected chi connectivity index (χ0v) is 19.7. The Balaban J connectivity index is 2.83. The van der Waals surface area contributed by atoms with E-state index in [0.29, 0.717) is 0 Å². The van der Waals surface area contributed by atoms with Crippen LogP contribution in [0, 0.1) is 0 Å². The summed E-state index contributed by atoms with van der Waals surface area (Å²) in [4.78, 5) is 0. The molecule has 0 saturated heterocycles. The van der Waals surface area contributed by atoms with Crippen molar-refractivity contribution in [3.8, 4) is 0 Å². The Morgan fingerprint density at radius 2 is 0.913 bits per heavy atom. The number of hydrogen-bond donors (Lipinski definition) is 0. The molecule has 0 N–H and O–H groups in total. The summed E-state index contributed by atoms with van der Waals surface area (Å²) >= 11 is -1.95. The zero-order chi connectivity index (χ0) is 16.8. The van der Waals surface area contributed by atoms with Crippen LogP contribution in [0.5, 0.6) is 0 Å². The summed E-state index contributed by atoms with van der Waals surface area (Å²) < 4.78 is 6.44. The zero-order valence-electron chi connectivity index (χ0n) is 16.8. The Bertz CT molecular complexity index is 229. The van der Waals surface area contributed by atoms with Crippen LogP contribution < -0.4 is 0 Å². The van der Waals surface area contributed by atoms with Crippen molar-refractivity contribution >= 4 is 18.4 Å². The Morgan fingerprint density at radius 1 is 0.565 bits per heavy atom. The van der Waals surface area contributed by atoms with Gasteiger partial charge in [0.05, 0.1) is 0 Å². The van der Waals surface area contributed by atoms with Crippen LogP contribution in [0.25, 0.3) is 0 Å². The van der Waals surface area contributed by atoms with Crippen molar-refractivity contribution in [3.05, 3.63) is 0 Å². The molecule has 0 aromatic carbocycles. The second kappa shape index (κ2) is 14.0. The molecule has 1 aliphatic rings. The van der Waals surface area contributed by atoms with Gasteiger partial charge in [-0.2, -0.15) is 0 Å². The van der Waals surface area contributed by atoms with Crippen LogP contribution in [-0.2, 0) is 0 Å². The summed E-state index contributed by atoms with van der Waals surface area (Å²) in [5.74, 6) is 0. The van der Waals surface area contributed by atoms with Gasteiger partial charge in [0.1, 0.15) is 0 Å². The molecule has 0 heterocycles. The third-order valence-corrected chi connectivity index (χ3v) is 24.7. The summed E-state index contributed by atoms with van der Waals surface area (Å²) in [6.07, 6.45) is 23.0. The van der Waals surface area contributed by atoms with Crippen molar-refractivity contribution in [2.75, 3.05) is 0 Å². The van der Waals surface area contributed by atoms with Crippen LogP contribution in [0.1, 0.15) is 117 Å². The van der Waals surface area contributed by atoms with Gasteiger partial charge in [-0.05, 0) is 0 Å². The molecule has 0 unspecified atom stereocenters. The SMILES string of the molecule is CCC[CH2][Sn]([CH2]CCC)([CH2]CCC)[CH]1CCCCCCCCC1. The van der Waals surface area contributed by atoms with Crippen LogP contribution >= 0.6 is 0 Å². The molecule has 23 heavy (non-hydrogen) atoms. The molecule has 0 aromatic rings. The van der Waals surface area contributed by atoms with E-state index in [4.69, 9.17) is 0 Å². The van der Waals surface area contributed by atoms with Gasteiger partial charge in [-0.15, -0.1) is 0 Å². The molecule has 1 rings (SSSR count). The van der Waals surface area contributed by atoms with Gasteiger partial charge >= 0.3 is 153 Å². The number of hydrogen-bond acceptors (Lipinski definition) is 0. The van der Waals surface area contributed by atoms with Gasteiger partial charge < -0.3 is 0 Å². The van der Waals surface area contributed by atoms with E-state index in [9.17, 15) is 0 Å². The van der Waals surface area contributed by atoms with Gasteiger partial charge in [0.15, 0.2) is 0 Å². The van der Waals surface area contributed by atoms with Gasteiger partial charge in [0.25, 0.3) is 0 Å². The molecule has 0 atom stereocenters. The summed E-state index contributed by atoms with van der Waals surface area (Å²) in [5.41, 5.74) is 0. The molecular weight excluding hydrogens is 383 g/mol. The third-order valence-electron chi connectivity index (χ3n) is 6.56. The molecule has 1 heteroatoms. The van der Waals surface area contributed by atoms with E-state index in [1.807, 2.05) is 0 Å². The first-order chi connectivity index (χ1) is 11.3. The maximum atomic E-state index is 2.42. The van der Waals surface area contributed by atoms with E-state index in [0.717, 1.165) is 0 Å². The van der Waals surface area contributed by atoms with E-state index in [2.05, 4.69) is 20.8 Å². The fourth-order valence-corrected chi connectivity index (χ4v) is 24.3. The van der Waals surface area contributed by atoms with E-state index < -0.39 is 18.4 Å². The molecule has 0 aliphatic heterocycles. The predicted molar refractivity (Wildman–Crippen MR) is 110 cm³/mol. The third kappa shape index (κ3) is 8.63. The molecule has 1 fully saturated rings. The Morgan fingerprint density at radius 3 is 1.26 bits per heavy atom. The predicted octanol–water partition coefficient (Wildman–Crippen LogP) is 8.73. The number of unbranched alkanes of at least 4 members (excludes halogenated alkanes) is 3. The minimum atomic E-state index is -1.95. The van der Waals surface area contributed by atoms with Crippen molar-refractivity contribution in [1.29, 1.82) is 0 Å². The van der Waals surface area contributed by atoms with Crippen LogP contribution in [0.2, 0.25) is 17.2 Å². The standard InChI is InChI=1S/C10H19.3C4H9.Sn/c1-2-4-6-8-10-9-7-5-3-1;3*1-3-4-2;/h1H,2-10H2;3*1,3-4H2,2H3;. The van der Waals surface area contributed by atoms with Crippen molar-refractivity contribution < 1.29 is 0 Å². The molecule has 1 aliphatic carbocycles. The van der Waals surface area contributed by atoms with Crippen LogP contribution in [0.4, 0.5) is 0 Å². The number of rotatable bonds is 10. The quantitative estimate of drug-likeness (QED) is 0.305. The van der Waals surface area contributed by atoms with E-state index >= 15 is 0 Å². The van der Waals surface area contributed by atoms with E-state index in [1.165, 1.54) is 55.3 Å². The van der Waals surface area contributed by atoms with E-state index in [-0.39, 0.29) is 0 Å². The van der Waals surface area contributed by atoms with E-state index in [1.54, 1.807) is 58.3 Å². The van der Waals surface area contributed by atoms with Crippen molar-refractivity contribution in [1.82, 2.24) is 0 Å². The average Bonchev–Trinajstić information content (AvgIpc) is 2.59. The first-order valence-corrected chi connectivity index (χ1v) is 19.0. The Labute approximate surface area is 152 Å².